The van der Waals surface area contributed by atoms with Gasteiger partial charge in [0.15, 0.2) is 0 Å². The van der Waals surface area contributed by atoms with E-state index in [1.807, 2.05) is 0 Å². The summed E-state index contributed by atoms with van der Waals surface area (Å²) in [7, 11) is 0. The van der Waals surface area contributed by atoms with Crippen molar-refractivity contribution in [3.8, 4) is 0 Å². The van der Waals surface area contributed by atoms with Gasteiger partial charge in [0, 0.05) is 6.54 Å². The summed E-state index contributed by atoms with van der Waals surface area (Å²) in [6, 6.07) is 0. The van der Waals surface area contributed by atoms with Gasteiger partial charge in [-0.1, -0.05) is 0 Å². The number of carbonyl (C=O) groups excluding carboxylic acids is 2. The third-order valence-corrected chi connectivity index (χ3v) is 0.167. The first-order chi connectivity index (χ1) is 5.73. The van der Waals surface area contributed by atoms with Crippen molar-refractivity contribution >= 4 is 18.3 Å². The van der Waals surface area contributed by atoms with E-state index in [9.17, 15) is 0 Å². The van der Waals surface area contributed by atoms with Crippen molar-refractivity contribution < 1.29 is 202 Å². The van der Waals surface area contributed by atoms with Gasteiger partial charge in [0.2, 0.25) is 6.16 Å². The van der Waals surface area contributed by atoms with Crippen LogP contribution in [0.5, 0.6) is 0 Å². The van der Waals surface area contributed by atoms with Gasteiger partial charge in [-0.2, -0.15) is 0 Å². The molecule has 0 radical (unpaired) electrons. The summed E-state index contributed by atoms with van der Waals surface area (Å²) in [4.78, 5) is 25.9. The minimum absolute atomic E-state index is 0. The normalized spacial score (nSPS) is 5.00. The predicted molar refractivity (Wildman–Crippen MR) is 27.5 cm³/mol. The van der Waals surface area contributed by atoms with E-state index in [4.69, 9.17) is 39.9 Å². The van der Waals surface area contributed by atoms with Gasteiger partial charge in [0.25, 0.3) is 0 Å². The fourth-order valence-corrected chi connectivity index (χ4v) is 0. The van der Waals surface area contributed by atoms with Gasteiger partial charge >= 0.3 is 162 Å². The van der Waals surface area contributed by atoms with E-state index in [0.29, 0.717) is 0 Å². The van der Waals surface area contributed by atoms with Gasteiger partial charge in [0.1, 0.15) is 0 Å². The first-order valence-electron chi connectivity index (χ1n) is 2.41. The van der Waals surface area contributed by atoms with Crippen molar-refractivity contribution in [2.24, 2.45) is 5.73 Å². The van der Waals surface area contributed by atoms with Crippen LogP contribution in [0.15, 0.2) is 0 Å². The Bertz CT molecular complexity index is 163. The molecule has 0 rings (SSSR count). The van der Waals surface area contributed by atoms with E-state index in [1.165, 1.54) is 0 Å². The number of hydrogen-bond donors (Lipinski definition) is 2. The maximum atomic E-state index is 9.13. The van der Waals surface area contributed by atoms with Gasteiger partial charge in [-0.15, -0.1) is 0 Å². The first-order valence-corrected chi connectivity index (χ1v) is 2.41. The summed E-state index contributed by atoms with van der Waals surface area (Å²) in [5, 5.41) is 41.1. The maximum Gasteiger partial charge on any atom is 1.00 e. The molecule has 0 spiro atoms. The molecule has 3 N–H and O–H groups in total. The second-order valence-corrected chi connectivity index (χ2v) is 1.09. The van der Waals surface area contributed by atoms with E-state index in [-0.39, 0.29) is 168 Å². The summed E-state index contributed by atoms with van der Waals surface area (Å²) >= 11 is 0. The molecule has 0 aliphatic carbocycles. The third kappa shape index (κ3) is 208. The van der Waals surface area contributed by atoms with Crippen LogP contribution in [-0.2, 0) is 4.79 Å². The van der Waals surface area contributed by atoms with E-state index in [2.05, 4.69) is 5.73 Å². The van der Waals surface area contributed by atoms with Gasteiger partial charge in [-0.05, 0) is 6.16 Å². The zero-order chi connectivity index (χ0) is 11.4. The second kappa shape index (κ2) is 36.5. The van der Waals surface area contributed by atoms with E-state index in [0.717, 1.165) is 0 Å². The standard InChI is InChI=1S/C2H5NO2.2CH2O3.2K.2Na/c3-1-2(4)5;2*2-1(3)4;;;;/h1,3H2,(H,4,5);2*(H2,2,3,4);;;;/q;;;4*+1/p-4. The smallest absolute Gasteiger partial charge is 0.652 e. The molecule has 17 heavy (non-hydrogen) atoms. The van der Waals surface area contributed by atoms with Crippen molar-refractivity contribution in [1.82, 2.24) is 0 Å². The van der Waals surface area contributed by atoms with Gasteiger partial charge in [-0.25, -0.2) is 0 Å². The molecule has 0 amide bonds. The fraction of sp³-hybridized carbons (Fsp3) is 0.250. The predicted octanol–water partition coefficient (Wildman–Crippen LogP) is -17.8. The molecule has 0 aliphatic rings. The molecule has 0 bridgehead atoms. The molecular formula is C4H5K2NNa2O8. The molecule has 0 aromatic heterocycles. The van der Waals surface area contributed by atoms with Crippen LogP contribution in [0.2, 0.25) is 0 Å². The molecule has 0 aromatic carbocycles. The molecule has 0 heterocycles. The number of aliphatic carboxylic acids is 1. The van der Waals surface area contributed by atoms with Gasteiger partial charge in [0.05, 0.1) is 5.97 Å². The van der Waals surface area contributed by atoms with Crippen LogP contribution in [0.1, 0.15) is 0 Å². The van der Waals surface area contributed by atoms with E-state index in [1.54, 1.807) is 0 Å². The minimum Gasteiger partial charge on any atom is -0.652 e. The maximum absolute atomic E-state index is 9.13. The van der Waals surface area contributed by atoms with E-state index >= 15 is 0 Å². The van der Waals surface area contributed by atoms with Crippen molar-refractivity contribution in [2.45, 2.75) is 0 Å². The molecule has 0 aliphatic heterocycles. The number of nitrogens with two attached hydrogens (primary N) is 1. The average molecular weight is 319 g/mol. The quantitative estimate of drug-likeness (QED) is 0.442. The van der Waals surface area contributed by atoms with Gasteiger partial charge in [-0.3, -0.25) is 0 Å². The zero-order valence-corrected chi connectivity index (χ0v) is 20.3. The largest absolute Gasteiger partial charge is 1.00 e. The van der Waals surface area contributed by atoms with Crippen LogP contribution in [-0.4, -0.2) is 29.9 Å². The zero-order valence-electron chi connectivity index (χ0n) is 10.1. The Hall–Kier alpha value is 3.24. The Balaban J connectivity index is -0.0000000159. The Morgan fingerprint density at radius 2 is 1.00 bits per heavy atom. The number of carboxylic acid groups (broad SMARTS) is 5. The molecule has 0 atom stereocenters. The second-order valence-electron chi connectivity index (χ2n) is 1.09. The third-order valence-electron chi connectivity index (χ3n) is 0.167. The summed E-state index contributed by atoms with van der Waals surface area (Å²) in [5.41, 5.74) is 4.51. The Morgan fingerprint density at radius 3 is 1.00 bits per heavy atom. The van der Waals surface area contributed by atoms with Crippen LogP contribution in [0, 0.1) is 0 Å². The van der Waals surface area contributed by atoms with Crippen LogP contribution in [0.3, 0.4) is 0 Å². The fourth-order valence-electron chi connectivity index (χ4n) is 0. The van der Waals surface area contributed by atoms with Crippen LogP contribution in [0.4, 0.5) is 9.59 Å². The van der Waals surface area contributed by atoms with Crippen LogP contribution < -0.4 is 188 Å². The van der Waals surface area contributed by atoms with E-state index < -0.39 is 18.3 Å². The van der Waals surface area contributed by atoms with Crippen molar-refractivity contribution in [1.29, 1.82) is 0 Å². The Kier molecular flexibility index (Phi) is 91.8. The monoisotopic (exact) mass is 319 g/mol. The number of hydrogen-bond acceptors (Lipinski definition) is 8. The summed E-state index contributed by atoms with van der Waals surface area (Å²) < 4.78 is 0. The molecule has 0 saturated carbocycles. The molecule has 0 fully saturated rings. The molecule has 13 heteroatoms. The van der Waals surface area contributed by atoms with Gasteiger partial charge < -0.3 is 45.6 Å². The summed E-state index contributed by atoms with van der Waals surface area (Å²) in [6.45, 7) is -0.389. The van der Waals surface area contributed by atoms with Crippen LogP contribution in [0.25, 0.3) is 0 Å². The first kappa shape index (κ1) is 42.7. The SMILES string of the molecule is NCC(=O)[O-].O=C([O-])O.O=C([O-])[O-].[K+].[K+].[Na+].[Na+]. The molecule has 0 saturated heterocycles. The molecular weight excluding hydrogens is 314 g/mol. The van der Waals surface area contributed by atoms with Crippen LogP contribution >= 0.6 is 0 Å². The Labute approximate surface area is 226 Å². The Morgan fingerprint density at radius 1 is 0.941 bits per heavy atom. The number of carbonyl (C=O) groups is 3. The molecule has 78 valence electrons. The van der Waals surface area contributed by atoms with Crippen molar-refractivity contribution in [2.75, 3.05) is 6.54 Å². The molecule has 0 unspecified atom stereocenters. The summed E-state index contributed by atoms with van der Waals surface area (Å²) in [5.74, 6) is -1.22. The van der Waals surface area contributed by atoms with Crippen molar-refractivity contribution in [3.05, 3.63) is 0 Å². The van der Waals surface area contributed by atoms with Crippen molar-refractivity contribution in [3.63, 3.8) is 0 Å². The minimum atomic E-state index is -2.33. The molecule has 9 nitrogen and oxygen atoms in total. The summed E-state index contributed by atoms with van der Waals surface area (Å²) in [6.07, 6.45) is -4.42. The number of carboxylic acids is 1. The average Bonchev–Trinajstić information content (AvgIpc) is 1.84. The molecule has 0 aromatic rings. The topological polar surface area (TPSA) is 190 Å². The number of rotatable bonds is 1.